The SMILES string of the molecule is CCC1CCNC(C(=O)NC2CCCC2)C1. The van der Waals surface area contributed by atoms with Crippen LogP contribution < -0.4 is 10.6 Å². The number of rotatable bonds is 3. The van der Waals surface area contributed by atoms with Crippen LogP contribution in [0.1, 0.15) is 51.9 Å². The Bertz CT molecular complexity index is 236. The maximum atomic E-state index is 12.0. The fourth-order valence-corrected chi connectivity index (χ4v) is 2.94. The smallest absolute Gasteiger partial charge is 0.237 e. The van der Waals surface area contributed by atoms with Crippen molar-refractivity contribution in [3.8, 4) is 0 Å². The molecule has 2 aliphatic rings. The zero-order valence-corrected chi connectivity index (χ0v) is 10.3. The molecule has 2 fully saturated rings. The lowest BCUT2D eigenvalue weighted by atomic mass is 9.90. The summed E-state index contributed by atoms with van der Waals surface area (Å²) in [5.41, 5.74) is 0. The van der Waals surface area contributed by atoms with Gasteiger partial charge in [0.15, 0.2) is 0 Å². The Morgan fingerprint density at radius 2 is 2.06 bits per heavy atom. The Kier molecular flexibility index (Phi) is 4.22. The molecule has 1 heterocycles. The molecule has 0 spiro atoms. The van der Waals surface area contributed by atoms with E-state index in [2.05, 4.69) is 17.6 Å². The van der Waals surface area contributed by atoms with E-state index in [1.54, 1.807) is 0 Å². The van der Waals surface area contributed by atoms with Crippen molar-refractivity contribution in [2.75, 3.05) is 6.54 Å². The first-order valence-corrected chi connectivity index (χ1v) is 6.83. The summed E-state index contributed by atoms with van der Waals surface area (Å²) in [5.74, 6) is 0.977. The van der Waals surface area contributed by atoms with E-state index in [-0.39, 0.29) is 11.9 Å². The highest BCUT2D eigenvalue weighted by Gasteiger charge is 2.27. The molecule has 1 aliphatic carbocycles. The van der Waals surface area contributed by atoms with Crippen molar-refractivity contribution in [2.24, 2.45) is 5.92 Å². The van der Waals surface area contributed by atoms with Crippen molar-refractivity contribution in [1.82, 2.24) is 10.6 Å². The lowest BCUT2D eigenvalue weighted by Gasteiger charge is -2.29. The van der Waals surface area contributed by atoms with E-state index in [9.17, 15) is 4.79 Å². The first-order chi connectivity index (χ1) is 7.79. The minimum Gasteiger partial charge on any atom is -0.352 e. The lowest BCUT2D eigenvalue weighted by Crippen LogP contribution is -2.50. The molecule has 3 nitrogen and oxygen atoms in total. The van der Waals surface area contributed by atoms with Crippen LogP contribution in [0.5, 0.6) is 0 Å². The maximum absolute atomic E-state index is 12.0. The fraction of sp³-hybridized carbons (Fsp3) is 0.923. The molecule has 1 saturated carbocycles. The molecule has 2 rings (SSSR count). The van der Waals surface area contributed by atoms with Gasteiger partial charge in [0, 0.05) is 6.04 Å². The van der Waals surface area contributed by atoms with Gasteiger partial charge in [-0.2, -0.15) is 0 Å². The number of nitrogens with one attached hydrogen (secondary N) is 2. The third-order valence-electron chi connectivity index (χ3n) is 4.11. The fourth-order valence-electron chi connectivity index (χ4n) is 2.94. The van der Waals surface area contributed by atoms with Crippen molar-refractivity contribution < 1.29 is 4.79 Å². The van der Waals surface area contributed by atoms with E-state index < -0.39 is 0 Å². The molecule has 2 N–H and O–H groups in total. The van der Waals surface area contributed by atoms with E-state index in [0.717, 1.165) is 18.9 Å². The van der Waals surface area contributed by atoms with Crippen LogP contribution in [0.25, 0.3) is 0 Å². The van der Waals surface area contributed by atoms with Crippen LogP contribution in [0.2, 0.25) is 0 Å². The highest BCUT2D eigenvalue weighted by Crippen LogP contribution is 2.21. The number of piperidine rings is 1. The van der Waals surface area contributed by atoms with Gasteiger partial charge in [0.1, 0.15) is 0 Å². The Labute approximate surface area is 98.4 Å². The molecule has 0 aromatic rings. The predicted molar refractivity (Wildman–Crippen MR) is 65.2 cm³/mol. The highest BCUT2D eigenvalue weighted by atomic mass is 16.2. The zero-order chi connectivity index (χ0) is 11.4. The summed E-state index contributed by atoms with van der Waals surface area (Å²) in [6, 6.07) is 0.524. The molecule has 1 amide bonds. The van der Waals surface area contributed by atoms with Crippen molar-refractivity contribution >= 4 is 5.91 Å². The molecule has 1 aliphatic heterocycles. The number of carbonyl (C=O) groups excluding carboxylic acids is 1. The number of carbonyl (C=O) groups is 1. The molecule has 1 saturated heterocycles. The minimum absolute atomic E-state index is 0.0688. The Morgan fingerprint density at radius 3 is 2.75 bits per heavy atom. The third kappa shape index (κ3) is 2.97. The third-order valence-corrected chi connectivity index (χ3v) is 4.11. The van der Waals surface area contributed by atoms with Crippen molar-refractivity contribution in [1.29, 1.82) is 0 Å². The summed E-state index contributed by atoms with van der Waals surface area (Å²) in [6.07, 6.45) is 8.36. The summed E-state index contributed by atoms with van der Waals surface area (Å²) in [5, 5.41) is 6.54. The minimum atomic E-state index is 0.0688. The van der Waals surface area contributed by atoms with Crippen molar-refractivity contribution in [3.63, 3.8) is 0 Å². The van der Waals surface area contributed by atoms with Crippen LogP contribution in [0, 0.1) is 5.92 Å². The first-order valence-electron chi connectivity index (χ1n) is 6.83. The van der Waals surface area contributed by atoms with Crippen molar-refractivity contribution in [3.05, 3.63) is 0 Å². The molecule has 0 aromatic heterocycles. The van der Waals surface area contributed by atoms with Crippen LogP contribution in [0.3, 0.4) is 0 Å². The van der Waals surface area contributed by atoms with Gasteiger partial charge in [0.2, 0.25) is 5.91 Å². The van der Waals surface area contributed by atoms with Gasteiger partial charge in [0.05, 0.1) is 6.04 Å². The van der Waals surface area contributed by atoms with Crippen LogP contribution in [-0.2, 0) is 4.79 Å². The quantitative estimate of drug-likeness (QED) is 0.768. The van der Waals surface area contributed by atoms with Crippen LogP contribution >= 0.6 is 0 Å². The predicted octanol–water partition coefficient (Wildman–Crippen LogP) is 1.82. The second kappa shape index (κ2) is 5.67. The van der Waals surface area contributed by atoms with Gasteiger partial charge < -0.3 is 10.6 Å². The summed E-state index contributed by atoms with van der Waals surface area (Å²) in [6.45, 7) is 3.23. The average molecular weight is 224 g/mol. The molecule has 0 aromatic carbocycles. The molecule has 2 atom stereocenters. The van der Waals surface area contributed by atoms with Crippen LogP contribution in [-0.4, -0.2) is 24.5 Å². The van der Waals surface area contributed by atoms with E-state index in [0.29, 0.717) is 6.04 Å². The van der Waals surface area contributed by atoms with E-state index >= 15 is 0 Å². The maximum Gasteiger partial charge on any atom is 0.237 e. The second-order valence-corrected chi connectivity index (χ2v) is 5.30. The van der Waals surface area contributed by atoms with Crippen LogP contribution in [0.4, 0.5) is 0 Å². The summed E-state index contributed by atoms with van der Waals surface area (Å²) >= 11 is 0. The number of hydrogen-bond acceptors (Lipinski definition) is 2. The molecular formula is C13H24N2O. The monoisotopic (exact) mass is 224 g/mol. The Balaban J connectivity index is 1.79. The molecule has 3 heteroatoms. The zero-order valence-electron chi connectivity index (χ0n) is 10.3. The van der Waals surface area contributed by atoms with Gasteiger partial charge in [-0.25, -0.2) is 0 Å². The molecule has 92 valence electrons. The van der Waals surface area contributed by atoms with Gasteiger partial charge in [-0.3, -0.25) is 4.79 Å². The van der Waals surface area contributed by atoms with E-state index in [1.807, 2.05) is 0 Å². The lowest BCUT2D eigenvalue weighted by molar-refractivity contribution is -0.124. The number of amides is 1. The van der Waals surface area contributed by atoms with Gasteiger partial charge >= 0.3 is 0 Å². The van der Waals surface area contributed by atoms with Crippen molar-refractivity contribution in [2.45, 2.75) is 64.0 Å². The van der Waals surface area contributed by atoms with Gasteiger partial charge in [-0.05, 0) is 38.1 Å². The van der Waals surface area contributed by atoms with Gasteiger partial charge in [-0.1, -0.05) is 26.2 Å². The topological polar surface area (TPSA) is 41.1 Å². The Morgan fingerprint density at radius 1 is 1.31 bits per heavy atom. The molecule has 0 bridgehead atoms. The average Bonchev–Trinajstić information content (AvgIpc) is 2.82. The van der Waals surface area contributed by atoms with Gasteiger partial charge in [-0.15, -0.1) is 0 Å². The standard InChI is InChI=1S/C13H24N2O/c1-2-10-7-8-14-12(9-10)13(16)15-11-5-3-4-6-11/h10-12,14H,2-9H2,1H3,(H,15,16). The molecular weight excluding hydrogens is 200 g/mol. The van der Waals surface area contributed by atoms with E-state index in [1.165, 1.54) is 38.5 Å². The normalized spacial score (nSPS) is 31.6. The van der Waals surface area contributed by atoms with Crippen LogP contribution in [0.15, 0.2) is 0 Å². The first kappa shape index (κ1) is 11.9. The highest BCUT2D eigenvalue weighted by molar-refractivity contribution is 5.82. The second-order valence-electron chi connectivity index (χ2n) is 5.30. The largest absolute Gasteiger partial charge is 0.352 e. The van der Waals surface area contributed by atoms with E-state index in [4.69, 9.17) is 0 Å². The summed E-state index contributed by atoms with van der Waals surface area (Å²) < 4.78 is 0. The molecule has 0 radical (unpaired) electrons. The number of hydrogen-bond donors (Lipinski definition) is 2. The van der Waals surface area contributed by atoms with Gasteiger partial charge in [0.25, 0.3) is 0 Å². The Hall–Kier alpha value is -0.570. The summed E-state index contributed by atoms with van der Waals surface area (Å²) in [7, 11) is 0. The molecule has 2 unspecified atom stereocenters. The molecule has 16 heavy (non-hydrogen) atoms. The summed E-state index contributed by atoms with van der Waals surface area (Å²) in [4.78, 5) is 12.0.